The molecule has 0 amide bonds. The average molecular weight is 136 g/mol. The Kier molecular flexibility index (Phi) is 25.5. The first-order chi connectivity index (χ1) is 1.73. The van der Waals surface area contributed by atoms with E-state index in [2.05, 4.69) is 0 Å². The van der Waals surface area contributed by atoms with Crippen molar-refractivity contribution in [1.82, 2.24) is 0 Å². The monoisotopic (exact) mass is 136 g/mol. The summed E-state index contributed by atoms with van der Waals surface area (Å²) in [5.74, 6) is 0. The van der Waals surface area contributed by atoms with Crippen LogP contribution in [0.2, 0.25) is 0 Å². The van der Waals surface area contributed by atoms with E-state index in [0.717, 1.165) is 0 Å². The Morgan fingerprint density at radius 2 is 1.50 bits per heavy atom. The van der Waals surface area contributed by atoms with Crippen LogP contribution in [0.15, 0.2) is 0 Å². The summed E-state index contributed by atoms with van der Waals surface area (Å²) in [5, 5.41) is 0. The molecule has 0 fully saturated rings. The molecule has 0 unspecified atom stereocenters. The first kappa shape index (κ1) is 15.6. The van der Waals surface area contributed by atoms with Crippen LogP contribution in [0.4, 0.5) is 0 Å². The SMILES string of the molecule is O=S(O)O.[AlH3].[H-].[Na+]. The topological polar surface area (TPSA) is 57.5 Å². The fraction of sp³-hybridized carbons (Fsp3) is 0. The van der Waals surface area contributed by atoms with Gasteiger partial charge in [0.25, 0.3) is 11.4 Å². The Hall–Kier alpha value is 1.60. The van der Waals surface area contributed by atoms with Crippen LogP contribution >= 0.6 is 0 Å². The minimum atomic E-state index is -2.61. The molecule has 0 aromatic heterocycles. The van der Waals surface area contributed by atoms with E-state index in [-0.39, 0.29) is 48.3 Å². The third kappa shape index (κ3) is 46.2. The number of hydrogen-bond acceptors (Lipinski definition) is 1. The van der Waals surface area contributed by atoms with Gasteiger partial charge in [-0.25, -0.2) is 0 Å². The molecule has 34 valence electrons. The first-order valence-corrected chi connectivity index (χ1v) is 1.60. The molecule has 0 aliphatic carbocycles. The summed E-state index contributed by atoms with van der Waals surface area (Å²) in [5.41, 5.74) is 0. The van der Waals surface area contributed by atoms with Crippen molar-refractivity contribution in [2.75, 3.05) is 0 Å². The van der Waals surface area contributed by atoms with Crippen molar-refractivity contribution >= 4 is 28.7 Å². The molecule has 0 rings (SSSR count). The first-order valence-electron chi connectivity index (χ1n) is 0.532. The van der Waals surface area contributed by atoms with Gasteiger partial charge in [0.1, 0.15) is 0 Å². The van der Waals surface area contributed by atoms with Crippen LogP contribution in [0.1, 0.15) is 1.43 Å². The van der Waals surface area contributed by atoms with Gasteiger partial charge in [0, 0.05) is 0 Å². The van der Waals surface area contributed by atoms with Gasteiger partial charge < -0.3 is 1.43 Å². The van der Waals surface area contributed by atoms with Gasteiger partial charge in [-0.05, 0) is 0 Å². The second kappa shape index (κ2) is 9.78. The van der Waals surface area contributed by atoms with Crippen molar-refractivity contribution in [2.45, 2.75) is 0 Å². The molecule has 0 bridgehead atoms. The molecular formula is H6AlNaO3S. The Morgan fingerprint density at radius 3 is 1.50 bits per heavy atom. The predicted octanol–water partition coefficient (Wildman–Crippen LogP) is -4.39. The molecule has 0 atom stereocenters. The molecular weight excluding hydrogens is 130 g/mol. The van der Waals surface area contributed by atoms with E-state index in [0.29, 0.717) is 0 Å². The fourth-order valence-corrected chi connectivity index (χ4v) is 0. The molecule has 0 aliphatic heterocycles. The van der Waals surface area contributed by atoms with Crippen molar-refractivity contribution in [3.8, 4) is 0 Å². The Bertz CT molecular complexity index is 37.9. The summed E-state index contributed by atoms with van der Waals surface area (Å²) in [6.07, 6.45) is 0. The molecule has 6 heavy (non-hydrogen) atoms. The summed E-state index contributed by atoms with van der Waals surface area (Å²) in [7, 11) is 0. The molecule has 0 aromatic carbocycles. The van der Waals surface area contributed by atoms with Gasteiger partial charge in [-0.3, -0.25) is 9.11 Å². The number of hydrogen-bond donors (Lipinski definition) is 2. The molecule has 0 heterocycles. The van der Waals surface area contributed by atoms with Crippen LogP contribution in [-0.2, 0) is 11.4 Å². The Balaban J connectivity index is -0.0000000150. The minimum Gasteiger partial charge on any atom is -1.00 e. The molecule has 0 saturated heterocycles. The van der Waals surface area contributed by atoms with Gasteiger partial charge in [0.2, 0.25) is 0 Å². The smallest absolute Gasteiger partial charge is 1.00 e. The van der Waals surface area contributed by atoms with Crippen molar-refractivity contribution < 1.29 is 44.3 Å². The van der Waals surface area contributed by atoms with Crippen LogP contribution in [0.5, 0.6) is 0 Å². The summed E-state index contributed by atoms with van der Waals surface area (Å²) < 4.78 is 22.8. The normalized spacial score (nSPS) is 5.83. The minimum absolute atomic E-state index is 0. The fourth-order valence-electron chi connectivity index (χ4n) is 0. The van der Waals surface area contributed by atoms with Gasteiger partial charge in [-0.1, -0.05) is 0 Å². The van der Waals surface area contributed by atoms with Crippen LogP contribution in [0.25, 0.3) is 0 Å². The van der Waals surface area contributed by atoms with E-state index in [1.165, 1.54) is 0 Å². The van der Waals surface area contributed by atoms with Crippen LogP contribution in [0.3, 0.4) is 0 Å². The zero-order valence-corrected chi connectivity index (χ0v) is 5.53. The summed E-state index contributed by atoms with van der Waals surface area (Å²) in [6.45, 7) is 0. The van der Waals surface area contributed by atoms with Gasteiger partial charge in [0.15, 0.2) is 17.4 Å². The maximum Gasteiger partial charge on any atom is 1.00 e. The molecule has 0 aliphatic rings. The molecule has 2 N–H and O–H groups in total. The van der Waals surface area contributed by atoms with Crippen LogP contribution < -0.4 is 29.6 Å². The number of rotatable bonds is 0. The van der Waals surface area contributed by atoms with Gasteiger partial charge in [-0.15, -0.1) is 0 Å². The van der Waals surface area contributed by atoms with Crippen LogP contribution in [0, 0.1) is 0 Å². The summed E-state index contributed by atoms with van der Waals surface area (Å²) >= 11 is -2.61. The Labute approximate surface area is 72.5 Å². The Morgan fingerprint density at radius 1 is 1.50 bits per heavy atom. The maximum absolute atomic E-state index is 8.67. The zero-order valence-electron chi connectivity index (χ0n) is 3.71. The van der Waals surface area contributed by atoms with E-state index < -0.39 is 11.4 Å². The van der Waals surface area contributed by atoms with E-state index in [1.54, 1.807) is 0 Å². The van der Waals surface area contributed by atoms with Gasteiger partial charge >= 0.3 is 29.6 Å². The standard InChI is InChI=1S/Al.Na.H2O3S.4H/c;;1-4(2)3;;;;/h;;(H2,1,2,3);;;;/q;+1;;;;;-1. The van der Waals surface area contributed by atoms with Gasteiger partial charge in [-0.2, -0.15) is 4.21 Å². The molecule has 0 radical (unpaired) electrons. The third-order valence-corrected chi connectivity index (χ3v) is 0. The quantitative estimate of drug-likeness (QED) is 0.261. The molecule has 0 spiro atoms. The molecule has 6 heteroatoms. The largest absolute Gasteiger partial charge is 1.00 e. The molecule has 0 saturated carbocycles. The van der Waals surface area contributed by atoms with Crippen molar-refractivity contribution in [1.29, 1.82) is 0 Å². The maximum atomic E-state index is 8.67. The van der Waals surface area contributed by atoms with Crippen molar-refractivity contribution in [3.05, 3.63) is 0 Å². The second-order valence-electron chi connectivity index (χ2n) is 0.231. The van der Waals surface area contributed by atoms with Crippen LogP contribution in [-0.4, -0.2) is 30.7 Å². The van der Waals surface area contributed by atoms with E-state index in [1.807, 2.05) is 0 Å². The third-order valence-electron chi connectivity index (χ3n) is 0. The summed E-state index contributed by atoms with van der Waals surface area (Å²) in [4.78, 5) is 0. The van der Waals surface area contributed by atoms with E-state index >= 15 is 0 Å². The van der Waals surface area contributed by atoms with Gasteiger partial charge in [0.05, 0.1) is 0 Å². The van der Waals surface area contributed by atoms with E-state index in [9.17, 15) is 0 Å². The molecule has 0 aromatic rings. The zero-order chi connectivity index (χ0) is 3.58. The second-order valence-corrected chi connectivity index (χ2v) is 0.692. The van der Waals surface area contributed by atoms with Crippen molar-refractivity contribution in [3.63, 3.8) is 0 Å². The molecule has 3 nitrogen and oxygen atoms in total. The summed E-state index contributed by atoms with van der Waals surface area (Å²) in [6, 6.07) is 0. The van der Waals surface area contributed by atoms with E-state index in [4.69, 9.17) is 13.3 Å². The predicted molar refractivity (Wildman–Crippen MR) is 24.5 cm³/mol. The van der Waals surface area contributed by atoms with Crippen molar-refractivity contribution in [2.24, 2.45) is 0 Å². The average Bonchev–Trinajstić information content (AvgIpc) is 0.811.